The standard InChI is InChI=1S/C21H40O4/c1-3-5-16-20(22)17-14-12-10-8-6-7-9-11-13-15-18-24-19-21(23)25-4-2/h14,17,20,22H,3-13,15-16,18-19H2,1-2H3/b17-14-. The lowest BCUT2D eigenvalue weighted by molar-refractivity contribution is -0.148. The van der Waals surface area contributed by atoms with E-state index in [0.717, 1.165) is 32.1 Å². The molecule has 0 bridgehead atoms. The molecule has 148 valence electrons. The van der Waals surface area contributed by atoms with Crippen LogP contribution in [0, 0.1) is 0 Å². The quantitative estimate of drug-likeness (QED) is 0.209. The fourth-order valence-corrected chi connectivity index (χ4v) is 2.65. The molecular formula is C21H40O4. The summed E-state index contributed by atoms with van der Waals surface area (Å²) in [6.45, 7) is 5.09. The number of aliphatic hydroxyl groups excluding tert-OH is 1. The molecule has 0 spiro atoms. The monoisotopic (exact) mass is 356 g/mol. The summed E-state index contributed by atoms with van der Waals surface area (Å²) in [5.74, 6) is -0.271. The highest BCUT2D eigenvalue weighted by Crippen LogP contribution is 2.10. The van der Waals surface area contributed by atoms with Crippen molar-refractivity contribution in [3.05, 3.63) is 12.2 Å². The first-order chi connectivity index (χ1) is 12.2. The summed E-state index contributed by atoms with van der Waals surface area (Å²) in [7, 11) is 0. The van der Waals surface area contributed by atoms with Gasteiger partial charge >= 0.3 is 5.97 Å². The van der Waals surface area contributed by atoms with Gasteiger partial charge in [0, 0.05) is 6.61 Å². The van der Waals surface area contributed by atoms with E-state index >= 15 is 0 Å². The number of carbonyl (C=O) groups is 1. The van der Waals surface area contributed by atoms with E-state index in [1.54, 1.807) is 6.92 Å². The van der Waals surface area contributed by atoms with Crippen LogP contribution in [-0.4, -0.2) is 37.0 Å². The Morgan fingerprint density at radius 3 is 2.24 bits per heavy atom. The maximum Gasteiger partial charge on any atom is 0.332 e. The summed E-state index contributed by atoms with van der Waals surface area (Å²) in [4.78, 5) is 11.1. The van der Waals surface area contributed by atoms with Crippen molar-refractivity contribution in [2.45, 2.75) is 97.0 Å². The van der Waals surface area contributed by atoms with Gasteiger partial charge in [0.15, 0.2) is 0 Å². The van der Waals surface area contributed by atoms with Crippen molar-refractivity contribution >= 4 is 5.97 Å². The predicted molar refractivity (Wildman–Crippen MR) is 104 cm³/mol. The molecule has 0 heterocycles. The summed E-state index contributed by atoms with van der Waals surface area (Å²) < 4.78 is 10.1. The molecule has 0 radical (unpaired) electrons. The molecule has 0 aliphatic rings. The zero-order chi connectivity index (χ0) is 18.6. The Kier molecular flexibility index (Phi) is 18.8. The smallest absolute Gasteiger partial charge is 0.332 e. The van der Waals surface area contributed by atoms with Crippen molar-refractivity contribution in [2.75, 3.05) is 19.8 Å². The van der Waals surface area contributed by atoms with Crippen LogP contribution in [0.4, 0.5) is 0 Å². The van der Waals surface area contributed by atoms with Crippen LogP contribution >= 0.6 is 0 Å². The third-order valence-corrected chi connectivity index (χ3v) is 4.15. The molecule has 0 aliphatic heterocycles. The number of aliphatic hydroxyl groups is 1. The van der Waals surface area contributed by atoms with E-state index in [1.807, 2.05) is 6.08 Å². The van der Waals surface area contributed by atoms with Gasteiger partial charge in [0.25, 0.3) is 0 Å². The van der Waals surface area contributed by atoms with E-state index in [-0.39, 0.29) is 18.7 Å². The Bertz CT molecular complexity index is 315. The molecule has 0 saturated heterocycles. The van der Waals surface area contributed by atoms with Gasteiger partial charge in [-0.2, -0.15) is 0 Å². The van der Waals surface area contributed by atoms with Gasteiger partial charge in [-0.25, -0.2) is 4.79 Å². The summed E-state index contributed by atoms with van der Waals surface area (Å²) >= 11 is 0. The SMILES string of the molecule is CCCCC(O)/C=C\CCCCCCCCCCOCC(=O)OCC. The number of hydrogen-bond donors (Lipinski definition) is 1. The highest BCUT2D eigenvalue weighted by Gasteiger charge is 2.00. The Hall–Kier alpha value is -0.870. The molecule has 0 amide bonds. The first-order valence-electron chi connectivity index (χ1n) is 10.3. The van der Waals surface area contributed by atoms with Crippen LogP contribution in [0.25, 0.3) is 0 Å². The van der Waals surface area contributed by atoms with Crippen molar-refractivity contribution in [2.24, 2.45) is 0 Å². The fourth-order valence-electron chi connectivity index (χ4n) is 2.65. The van der Waals surface area contributed by atoms with E-state index in [1.165, 1.54) is 44.9 Å². The topological polar surface area (TPSA) is 55.8 Å². The lowest BCUT2D eigenvalue weighted by Gasteiger charge is -2.04. The van der Waals surface area contributed by atoms with Gasteiger partial charge in [-0.15, -0.1) is 0 Å². The van der Waals surface area contributed by atoms with E-state index in [9.17, 15) is 9.90 Å². The van der Waals surface area contributed by atoms with E-state index in [4.69, 9.17) is 9.47 Å². The number of unbranched alkanes of at least 4 members (excludes halogenated alkanes) is 9. The molecule has 0 saturated carbocycles. The molecule has 4 nitrogen and oxygen atoms in total. The van der Waals surface area contributed by atoms with Crippen LogP contribution in [0.15, 0.2) is 12.2 Å². The second-order valence-electron chi connectivity index (χ2n) is 6.61. The Labute approximate surface area is 155 Å². The van der Waals surface area contributed by atoms with Gasteiger partial charge in [0.1, 0.15) is 6.61 Å². The highest BCUT2D eigenvalue weighted by atomic mass is 16.6. The molecular weight excluding hydrogens is 316 g/mol. The molecule has 0 aromatic heterocycles. The van der Waals surface area contributed by atoms with Crippen LogP contribution in [0.1, 0.15) is 90.9 Å². The Morgan fingerprint density at radius 1 is 0.960 bits per heavy atom. The predicted octanol–water partition coefficient (Wildman–Crippen LogP) is 5.18. The highest BCUT2D eigenvalue weighted by molar-refractivity contribution is 5.70. The van der Waals surface area contributed by atoms with Crippen LogP contribution < -0.4 is 0 Å². The zero-order valence-electron chi connectivity index (χ0n) is 16.5. The second-order valence-corrected chi connectivity index (χ2v) is 6.61. The lowest BCUT2D eigenvalue weighted by Crippen LogP contribution is -2.12. The van der Waals surface area contributed by atoms with Gasteiger partial charge in [0.2, 0.25) is 0 Å². The molecule has 0 fully saturated rings. The number of ether oxygens (including phenoxy) is 2. The number of carbonyl (C=O) groups excluding carboxylic acids is 1. The average Bonchev–Trinajstić information content (AvgIpc) is 2.60. The first kappa shape index (κ1) is 24.1. The molecule has 0 aromatic rings. The minimum absolute atomic E-state index is 0.0813. The summed E-state index contributed by atoms with van der Waals surface area (Å²) in [6.07, 6.45) is 17.9. The van der Waals surface area contributed by atoms with Crippen LogP contribution in [-0.2, 0) is 14.3 Å². The largest absolute Gasteiger partial charge is 0.464 e. The molecule has 0 rings (SSSR count). The van der Waals surface area contributed by atoms with Gasteiger partial charge in [-0.05, 0) is 32.6 Å². The fraction of sp³-hybridized carbons (Fsp3) is 0.857. The molecule has 1 unspecified atom stereocenters. The van der Waals surface area contributed by atoms with E-state index in [2.05, 4.69) is 13.0 Å². The number of hydrogen-bond acceptors (Lipinski definition) is 4. The van der Waals surface area contributed by atoms with Crippen molar-refractivity contribution in [1.82, 2.24) is 0 Å². The van der Waals surface area contributed by atoms with Crippen molar-refractivity contribution in [3.63, 3.8) is 0 Å². The maximum absolute atomic E-state index is 11.1. The Morgan fingerprint density at radius 2 is 1.60 bits per heavy atom. The number of esters is 1. The zero-order valence-corrected chi connectivity index (χ0v) is 16.5. The average molecular weight is 357 g/mol. The second kappa shape index (κ2) is 19.5. The minimum atomic E-state index is -0.271. The molecule has 0 aliphatic carbocycles. The van der Waals surface area contributed by atoms with Crippen molar-refractivity contribution in [3.8, 4) is 0 Å². The van der Waals surface area contributed by atoms with Crippen LogP contribution in [0.3, 0.4) is 0 Å². The van der Waals surface area contributed by atoms with Gasteiger partial charge < -0.3 is 14.6 Å². The summed E-state index contributed by atoms with van der Waals surface area (Å²) in [6, 6.07) is 0. The Balaban J connectivity index is 3.19. The van der Waals surface area contributed by atoms with Gasteiger partial charge in [-0.3, -0.25) is 0 Å². The van der Waals surface area contributed by atoms with Crippen molar-refractivity contribution < 1.29 is 19.4 Å². The first-order valence-corrected chi connectivity index (χ1v) is 10.3. The third kappa shape index (κ3) is 19.3. The summed E-state index contributed by atoms with van der Waals surface area (Å²) in [5, 5.41) is 9.69. The van der Waals surface area contributed by atoms with Gasteiger partial charge in [-0.1, -0.05) is 70.4 Å². The van der Waals surface area contributed by atoms with Crippen LogP contribution in [0.2, 0.25) is 0 Å². The van der Waals surface area contributed by atoms with Crippen molar-refractivity contribution in [1.29, 1.82) is 0 Å². The molecule has 1 N–H and O–H groups in total. The number of rotatable bonds is 18. The summed E-state index contributed by atoms with van der Waals surface area (Å²) in [5.41, 5.74) is 0. The third-order valence-electron chi connectivity index (χ3n) is 4.15. The molecule has 25 heavy (non-hydrogen) atoms. The molecule has 4 heteroatoms. The maximum atomic E-state index is 11.1. The molecule has 1 atom stereocenters. The minimum Gasteiger partial charge on any atom is -0.464 e. The normalized spacial score (nSPS) is 12.6. The lowest BCUT2D eigenvalue weighted by atomic mass is 10.1. The van der Waals surface area contributed by atoms with E-state index in [0.29, 0.717) is 13.2 Å². The van der Waals surface area contributed by atoms with E-state index < -0.39 is 0 Å². The van der Waals surface area contributed by atoms with Gasteiger partial charge in [0.05, 0.1) is 12.7 Å². The number of allylic oxidation sites excluding steroid dienone is 1. The van der Waals surface area contributed by atoms with Crippen LogP contribution in [0.5, 0.6) is 0 Å². The molecule has 0 aromatic carbocycles.